The number of hydrogen-bond donors (Lipinski definition) is 0. The summed E-state index contributed by atoms with van der Waals surface area (Å²) in [5.41, 5.74) is 0. The van der Waals surface area contributed by atoms with Gasteiger partial charge in [0.25, 0.3) is 0 Å². The van der Waals surface area contributed by atoms with Gasteiger partial charge in [0.1, 0.15) is 5.78 Å². The van der Waals surface area contributed by atoms with Crippen LogP contribution < -0.4 is 0 Å². The fraction of sp³-hybridized carbons (Fsp3) is 0.938. The van der Waals surface area contributed by atoms with Crippen molar-refractivity contribution in [3.8, 4) is 0 Å². The Morgan fingerprint density at radius 3 is 2.00 bits per heavy atom. The van der Waals surface area contributed by atoms with Gasteiger partial charge in [0.05, 0.1) is 0 Å². The van der Waals surface area contributed by atoms with Crippen LogP contribution in [0.4, 0.5) is 0 Å². The number of rotatable bonds is 12. The van der Waals surface area contributed by atoms with E-state index < -0.39 is 0 Å². The summed E-state index contributed by atoms with van der Waals surface area (Å²) in [5.74, 6) is 0.877. The van der Waals surface area contributed by atoms with Gasteiger partial charge in [0, 0.05) is 12.3 Å². The first-order valence-corrected chi connectivity index (χ1v) is 7.78. The molecule has 1 atom stereocenters. The molecule has 0 saturated heterocycles. The van der Waals surface area contributed by atoms with Crippen molar-refractivity contribution in [1.82, 2.24) is 0 Å². The molecular weight excluding hydrogens is 208 g/mol. The summed E-state index contributed by atoms with van der Waals surface area (Å²) < 4.78 is 0. The van der Waals surface area contributed by atoms with E-state index in [1.165, 1.54) is 44.9 Å². The molecule has 1 heteroatoms. The molecule has 0 bridgehead atoms. The van der Waals surface area contributed by atoms with E-state index in [1.54, 1.807) is 0 Å². The van der Waals surface area contributed by atoms with Gasteiger partial charge in [-0.15, -0.1) is 0 Å². The summed E-state index contributed by atoms with van der Waals surface area (Å²) in [4.78, 5) is 12.0. The van der Waals surface area contributed by atoms with Crippen LogP contribution in [0.25, 0.3) is 0 Å². The van der Waals surface area contributed by atoms with E-state index >= 15 is 0 Å². The first-order chi connectivity index (χ1) is 8.26. The predicted octanol–water partition coefficient (Wildman–Crippen LogP) is 5.52. The third-order valence-corrected chi connectivity index (χ3v) is 3.63. The van der Waals surface area contributed by atoms with Gasteiger partial charge in [-0.2, -0.15) is 0 Å². The Morgan fingerprint density at radius 2 is 1.41 bits per heavy atom. The van der Waals surface area contributed by atoms with E-state index in [2.05, 4.69) is 20.8 Å². The molecule has 0 saturated carbocycles. The lowest BCUT2D eigenvalue weighted by Gasteiger charge is -2.12. The zero-order chi connectivity index (χ0) is 12.9. The molecule has 0 rings (SSSR count). The van der Waals surface area contributed by atoms with Crippen molar-refractivity contribution in [1.29, 1.82) is 0 Å². The SMILES string of the molecule is CCCCCCCCC(=O)C(CC)CCCC. The minimum atomic E-state index is 0.352. The number of unbranched alkanes of at least 4 members (excludes halogenated alkanes) is 6. The molecule has 0 aromatic heterocycles. The molecule has 0 aliphatic carbocycles. The first kappa shape index (κ1) is 16.7. The van der Waals surface area contributed by atoms with Gasteiger partial charge in [-0.1, -0.05) is 65.7 Å². The second kappa shape index (κ2) is 12.1. The Labute approximate surface area is 108 Å². The Hall–Kier alpha value is -0.330. The van der Waals surface area contributed by atoms with Crippen LogP contribution in [-0.4, -0.2) is 5.78 Å². The molecule has 0 fully saturated rings. The average Bonchev–Trinajstić information content (AvgIpc) is 2.34. The fourth-order valence-electron chi connectivity index (χ4n) is 2.33. The Kier molecular flexibility index (Phi) is 11.9. The van der Waals surface area contributed by atoms with Crippen LogP contribution in [0.3, 0.4) is 0 Å². The fourth-order valence-corrected chi connectivity index (χ4v) is 2.33. The molecule has 0 spiro atoms. The van der Waals surface area contributed by atoms with Gasteiger partial charge < -0.3 is 0 Å². The van der Waals surface area contributed by atoms with E-state index in [0.29, 0.717) is 11.7 Å². The summed E-state index contributed by atoms with van der Waals surface area (Å²) >= 11 is 0. The molecule has 0 aromatic rings. The summed E-state index contributed by atoms with van der Waals surface area (Å²) in [6, 6.07) is 0. The van der Waals surface area contributed by atoms with E-state index in [4.69, 9.17) is 0 Å². The van der Waals surface area contributed by atoms with Gasteiger partial charge in [0.2, 0.25) is 0 Å². The smallest absolute Gasteiger partial charge is 0.135 e. The molecule has 0 heterocycles. The third-order valence-electron chi connectivity index (χ3n) is 3.63. The number of ketones is 1. The standard InChI is InChI=1S/C16H32O/c1-4-7-9-10-11-12-14-16(17)15(6-3)13-8-5-2/h15H,4-14H2,1-3H3. The van der Waals surface area contributed by atoms with Crippen molar-refractivity contribution in [2.45, 2.75) is 91.4 Å². The Morgan fingerprint density at radius 1 is 0.824 bits per heavy atom. The normalized spacial score (nSPS) is 12.6. The van der Waals surface area contributed by atoms with E-state index in [0.717, 1.165) is 25.7 Å². The molecule has 0 aliphatic rings. The molecule has 0 radical (unpaired) electrons. The topological polar surface area (TPSA) is 17.1 Å². The summed E-state index contributed by atoms with van der Waals surface area (Å²) in [7, 11) is 0. The molecule has 1 nitrogen and oxygen atoms in total. The van der Waals surface area contributed by atoms with Crippen LogP contribution >= 0.6 is 0 Å². The number of carbonyl (C=O) groups is 1. The molecule has 1 unspecified atom stereocenters. The molecule has 102 valence electrons. The van der Waals surface area contributed by atoms with Crippen molar-refractivity contribution in [3.05, 3.63) is 0 Å². The maximum absolute atomic E-state index is 12.0. The molecule has 17 heavy (non-hydrogen) atoms. The Bertz CT molecular complexity index is 174. The molecule has 0 aliphatic heterocycles. The number of carbonyl (C=O) groups excluding carboxylic acids is 1. The minimum absolute atomic E-state index is 0.352. The lowest BCUT2D eigenvalue weighted by molar-refractivity contribution is -0.123. The molecule has 0 amide bonds. The van der Waals surface area contributed by atoms with E-state index in [-0.39, 0.29) is 0 Å². The predicted molar refractivity (Wildman–Crippen MR) is 76.3 cm³/mol. The Balaban J connectivity index is 3.54. The van der Waals surface area contributed by atoms with Gasteiger partial charge in [-0.25, -0.2) is 0 Å². The van der Waals surface area contributed by atoms with Crippen molar-refractivity contribution >= 4 is 5.78 Å². The highest BCUT2D eigenvalue weighted by atomic mass is 16.1. The van der Waals surface area contributed by atoms with Crippen molar-refractivity contribution in [3.63, 3.8) is 0 Å². The van der Waals surface area contributed by atoms with Crippen molar-refractivity contribution in [2.75, 3.05) is 0 Å². The number of hydrogen-bond acceptors (Lipinski definition) is 1. The highest BCUT2D eigenvalue weighted by Gasteiger charge is 2.14. The first-order valence-electron chi connectivity index (χ1n) is 7.78. The van der Waals surface area contributed by atoms with E-state index in [9.17, 15) is 4.79 Å². The largest absolute Gasteiger partial charge is 0.299 e. The lowest BCUT2D eigenvalue weighted by atomic mass is 9.91. The highest BCUT2D eigenvalue weighted by Crippen LogP contribution is 2.17. The van der Waals surface area contributed by atoms with Crippen LogP contribution in [0.5, 0.6) is 0 Å². The van der Waals surface area contributed by atoms with Gasteiger partial charge >= 0.3 is 0 Å². The highest BCUT2D eigenvalue weighted by molar-refractivity contribution is 5.80. The third kappa shape index (κ3) is 9.38. The zero-order valence-corrected chi connectivity index (χ0v) is 12.3. The van der Waals surface area contributed by atoms with E-state index in [1.807, 2.05) is 0 Å². The van der Waals surface area contributed by atoms with Crippen molar-refractivity contribution in [2.24, 2.45) is 5.92 Å². The summed E-state index contributed by atoms with van der Waals surface area (Å²) in [5, 5.41) is 0. The molecule has 0 N–H and O–H groups in total. The maximum Gasteiger partial charge on any atom is 0.135 e. The van der Waals surface area contributed by atoms with Crippen LogP contribution in [0, 0.1) is 5.92 Å². The van der Waals surface area contributed by atoms with Crippen LogP contribution in [-0.2, 0) is 4.79 Å². The van der Waals surface area contributed by atoms with Gasteiger partial charge in [0.15, 0.2) is 0 Å². The van der Waals surface area contributed by atoms with Gasteiger partial charge in [-0.3, -0.25) is 4.79 Å². The zero-order valence-electron chi connectivity index (χ0n) is 12.3. The monoisotopic (exact) mass is 240 g/mol. The van der Waals surface area contributed by atoms with Crippen LogP contribution in [0.1, 0.15) is 91.4 Å². The lowest BCUT2D eigenvalue weighted by Crippen LogP contribution is -2.13. The maximum atomic E-state index is 12.0. The minimum Gasteiger partial charge on any atom is -0.299 e. The second-order valence-electron chi connectivity index (χ2n) is 5.23. The molecule has 0 aromatic carbocycles. The van der Waals surface area contributed by atoms with Gasteiger partial charge in [-0.05, 0) is 19.3 Å². The summed E-state index contributed by atoms with van der Waals surface area (Å²) in [6.07, 6.45) is 13.1. The van der Waals surface area contributed by atoms with Crippen LogP contribution in [0.2, 0.25) is 0 Å². The second-order valence-corrected chi connectivity index (χ2v) is 5.23. The van der Waals surface area contributed by atoms with Crippen molar-refractivity contribution < 1.29 is 4.79 Å². The quantitative estimate of drug-likeness (QED) is 0.410. The molecular formula is C16H32O. The average molecular weight is 240 g/mol. The summed E-state index contributed by atoms with van der Waals surface area (Å²) in [6.45, 7) is 6.59. The van der Waals surface area contributed by atoms with Crippen LogP contribution in [0.15, 0.2) is 0 Å². The number of Topliss-reactive ketones (excluding diaryl/α,β-unsaturated/α-hetero) is 1.